The summed E-state index contributed by atoms with van der Waals surface area (Å²) < 4.78 is 45.2. The van der Waals surface area contributed by atoms with E-state index in [1.165, 1.54) is 0 Å². The average Bonchev–Trinajstić information content (AvgIpc) is 2.28. The molecule has 0 fully saturated rings. The van der Waals surface area contributed by atoms with Gasteiger partial charge in [0.2, 0.25) is 0 Å². The van der Waals surface area contributed by atoms with E-state index in [-0.39, 0.29) is 13.2 Å². The lowest BCUT2D eigenvalue weighted by Gasteiger charge is -2.14. The van der Waals surface area contributed by atoms with Gasteiger partial charge in [-0.15, -0.1) is 0 Å². The molecule has 19 heavy (non-hydrogen) atoms. The number of aryl methyl sites for hydroxylation is 1. The Morgan fingerprint density at radius 1 is 1.26 bits per heavy atom. The molecule has 0 bridgehead atoms. The second kappa shape index (κ2) is 6.77. The van der Waals surface area contributed by atoms with Gasteiger partial charge in [0, 0.05) is 5.56 Å². The first-order valence-corrected chi connectivity index (χ1v) is 5.85. The molecule has 1 rings (SSSR count). The number of hydrogen-bond donors (Lipinski definition) is 1. The number of rotatable bonds is 6. The second-order valence-corrected chi connectivity index (χ2v) is 4.23. The van der Waals surface area contributed by atoms with Crippen molar-refractivity contribution in [3.05, 3.63) is 29.3 Å². The van der Waals surface area contributed by atoms with Crippen molar-refractivity contribution in [1.29, 1.82) is 0 Å². The lowest BCUT2D eigenvalue weighted by atomic mass is 10.1. The van der Waals surface area contributed by atoms with Crippen molar-refractivity contribution in [2.75, 3.05) is 19.8 Å². The summed E-state index contributed by atoms with van der Waals surface area (Å²) in [5.74, 6) is 0.455. The fourth-order valence-electron chi connectivity index (χ4n) is 1.52. The van der Waals surface area contributed by atoms with Gasteiger partial charge in [-0.25, -0.2) is 0 Å². The Labute approximate surface area is 110 Å². The van der Waals surface area contributed by atoms with Crippen molar-refractivity contribution in [2.45, 2.75) is 26.1 Å². The van der Waals surface area contributed by atoms with Crippen LogP contribution >= 0.6 is 0 Å². The van der Waals surface area contributed by atoms with E-state index in [1.54, 1.807) is 25.1 Å². The Balaban J connectivity index is 2.45. The van der Waals surface area contributed by atoms with Crippen LogP contribution in [0.3, 0.4) is 0 Å². The van der Waals surface area contributed by atoms with E-state index in [1.807, 2.05) is 6.92 Å². The van der Waals surface area contributed by atoms with E-state index >= 15 is 0 Å². The minimum atomic E-state index is -4.32. The lowest BCUT2D eigenvalue weighted by Crippen LogP contribution is -2.19. The molecule has 0 aliphatic heterocycles. The lowest BCUT2D eigenvalue weighted by molar-refractivity contribution is -0.175. The Morgan fingerprint density at radius 2 is 1.95 bits per heavy atom. The number of aliphatic hydroxyl groups is 1. The highest BCUT2D eigenvalue weighted by Gasteiger charge is 2.27. The van der Waals surface area contributed by atoms with Crippen LogP contribution in [0.4, 0.5) is 13.2 Å². The van der Waals surface area contributed by atoms with Crippen LogP contribution in [0.1, 0.15) is 24.2 Å². The zero-order valence-corrected chi connectivity index (χ0v) is 10.8. The topological polar surface area (TPSA) is 38.7 Å². The van der Waals surface area contributed by atoms with Gasteiger partial charge in [0.05, 0.1) is 12.7 Å². The van der Waals surface area contributed by atoms with E-state index in [0.717, 1.165) is 5.56 Å². The number of hydrogen-bond acceptors (Lipinski definition) is 3. The van der Waals surface area contributed by atoms with E-state index in [4.69, 9.17) is 4.74 Å². The molecule has 3 nitrogen and oxygen atoms in total. The molecule has 0 saturated carbocycles. The molecule has 1 aromatic rings. The highest BCUT2D eigenvalue weighted by molar-refractivity contribution is 5.38. The van der Waals surface area contributed by atoms with Gasteiger partial charge in [0.1, 0.15) is 19.0 Å². The molecular weight excluding hydrogens is 261 g/mol. The van der Waals surface area contributed by atoms with Crippen LogP contribution in [-0.4, -0.2) is 31.1 Å². The van der Waals surface area contributed by atoms with Crippen LogP contribution in [0.2, 0.25) is 0 Å². The zero-order valence-electron chi connectivity index (χ0n) is 10.8. The molecule has 0 unspecified atom stereocenters. The van der Waals surface area contributed by atoms with E-state index < -0.39 is 18.9 Å². The first-order valence-electron chi connectivity index (χ1n) is 5.85. The number of ether oxygens (including phenoxy) is 2. The molecule has 0 heterocycles. The van der Waals surface area contributed by atoms with Crippen LogP contribution in [0.15, 0.2) is 18.2 Å². The van der Waals surface area contributed by atoms with Gasteiger partial charge in [0.15, 0.2) is 0 Å². The third-order valence-corrected chi connectivity index (χ3v) is 2.37. The van der Waals surface area contributed by atoms with E-state index in [0.29, 0.717) is 11.3 Å². The minimum absolute atomic E-state index is 0.00113. The van der Waals surface area contributed by atoms with Gasteiger partial charge in [-0.05, 0) is 26.0 Å². The summed E-state index contributed by atoms with van der Waals surface area (Å²) in [6.45, 7) is 2.03. The highest BCUT2D eigenvalue weighted by Crippen LogP contribution is 2.26. The molecule has 0 spiro atoms. The number of aliphatic hydroxyl groups excluding tert-OH is 1. The molecule has 0 amide bonds. The maximum absolute atomic E-state index is 11.8. The fraction of sp³-hybridized carbons (Fsp3) is 0.538. The SMILES string of the molecule is Cc1ccc(OCCOCC(F)(F)F)c([C@@H](C)O)c1. The monoisotopic (exact) mass is 278 g/mol. The van der Waals surface area contributed by atoms with Gasteiger partial charge in [-0.1, -0.05) is 11.6 Å². The van der Waals surface area contributed by atoms with Gasteiger partial charge in [-0.3, -0.25) is 0 Å². The smallest absolute Gasteiger partial charge is 0.411 e. The molecule has 1 atom stereocenters. The predicted molar refractivity (Wildman–Crippen MR) is 64.2 cm³/mol. The van der Waals surface area contributed by atoms with Gasteiger partial charge in [-0.2, -0.15) is 13.2 Å². The molecule has 0 radical (unpaired) electrons. The summed E-state index contributed by atoms with van der Waals surface area (Å²) in [4.78, 5) is 0. The van der Waals surface area contributed by atoms with Gasteiger partial charge >= 0.3 is 6.18 Å². The van der Waals surface area contributed by atoms with Gasteiger partial charge in [0.25, 0.3) is 0 Å². The normalized spacial score (nSPS) is 13.4. The molecule has 0 aromatic heterocycles. The zero-order chi connectivity index (χ0) is 14.5. The number of halogens is 3. The summed E-state index contributed by atoms with van der Waals surface area (Å²) in [5, 5.41) is 9.58. The summed E-state index contributed by atoms with van der Waals surface area (Å²) in [5.41, 5.74) is 1.58. The summed E-state index contributed by atoms with van der Waals surface area (Å²) in [7, 11) is 0. The molecule has 1 aromatic carbocycles. The number of benzene rings is 1. The highest BCUT2D eigenvalue weighted by atomic mass is 19.4. The fourth-order valence-corrected chi connectivity index (χ4v) is 1.52. The summed E-state index contributed by atoms with van der Waals surface area (Å²) >= 11 is 0. The van der Waals surface area contributed by atoms with Crippen molar-refractivity contribution in [3.8, 4) is 5.75 Å². The van der Waals surface area contributed by atoms with Crippen molar-refractivity contribution in [3.63, 3.8) is 0 Å². The Kier molecular flexibility index (Phi) is 5.62. The Bertz CT molecular complexity index is 403. The van der Waals surface area contributed by atoms with Crippen LogP contribution in [0.25, 0.3) is 0 Å². The molecule has 0 aliphatic carbocycles. The van der Waals surface area contributed by atoms with Crippen molar-refractivity contribution in [2.24, 2.45) is 0 Å². The number of alkyl halides is 3. The quantitative estimate of drug-likeness (QED) is 0.813. The maximum atomic E-state index is 11.8. The Morgan fingerprint density at radius 3 is 2.53 bits per heavy atom. The first kappa shape index (κ1) is 15.8. The van der Waals surface area contributed by atoms with E-state index in [9.17, 15) is 18.3 Å². The Hall–Kier alpha value is -1.27. The van der Waals surface area contributed by atoms with Crippen LogP contribution in [0.5, 0.6) is 5.75 Å². The standard InChI is InChI=1S/C13H17F3O3/c1-9-3-4-12(11(7-9)10(2)17)19-6-5-18-8-13(14,15)16/h3-4,7,10,17H,5-6,8H2,1-2H3/t10-/m1/s1. The van der Waals surface area contributed by atoms with Crippen molar-refractivity contribution < 1.29 is 27.8 Å². The molecule has 0 aliphatic rings. The average molecular weight is 278 g/mol. The summed E-state index contributed by atoms with van der Waals surface area (Å²) in [6, 6.07) is 5.26. The largest absolute Gasteiger partial charge is 0.491 e. The third-order valence-electron chi connectivity index (χ3n) is 2.37. The molecule has 1 N–H and O–H groups in total. The first-order chi connectivity index (χ1) is 8.79. The van der Waals surface area contributed by atoms with Gasteiger partial charge < -0.3 is 14.6 Å². The molecular formula is C13H17F3O3. The van der Waals surface area contributed by atoms with Crippen LogP contribution < -0.4 is 4.74 Å². The van der Waals surface area contributed by atoms with Crippen LogP contribution in [-0.2, 0) is 4.74 Å². The molecule has 6 heteroatoms. The van der Waals surface area contributed by atoms with E-state index in [2.05, 4.69) is 4.74 Å². The van der Waals surface area contributed by atoms with Crippen LogP contribution in [0, 0.1) is 6.92 Å². The van der Waals surface area contributed by atoms with Crippen molar-refractivity contribution >= 4 is 0 Å². The molecule has 108 valence electrons. The third kappa shape index (κ3) is 5.94. The maximum Gasteiger partial charge on any atom is 0.411 e. The van der Waals surface area contributed by atoms with Crippen molar-refractivity contribution in [1.82, 2.24) is 0 Å². The molecule has 0 saturated heterocycles. The summed E-state index contributed by atoms with van der Waals surface area (Å²) in [6.07, 6.45) is -5.03. The minimum Gasteiger partial charge on any atom is -0.491 e. The second-order valence-electron chi connectivity index (χ2n) is 4.23. The predicted octanol–water partition coefficient (Wildman–Crippen LogP) is 3.01.